The zero-order chi connectivity index (χ0) is 12.1. The highest BCUT2D eigenvalue weighted by Crippen LogP contribution is 2.13. The molecule has 0 radical (unpaired) electrons. The van der Waals surface area contributed by atoms with Crippen LogP contribution in [0.15, 0.2) is 24.4 Å². The summed E-state index contributed by atoms with van der Waals surface area (Å²) >= 11 is 0. The van der Waals surface area contributed by atoms with Crippen molar-refractivity contribution in [1.29, 1.82) is 0 Å². The van der Waals surface area contributed by atoms with Gasteiger partial charge in [0.1, 0.15) is 0 Å². The first kappa shape index (κ1) is 18.2. The quantitative estimate of drug-likeness (QED) is 0.899. The van der Waals surface area contributed by atoms with Gasteiger partial charge in [0.05, 0.1) is 17.7 Å². The topological polar surface area (TPSA) is 54.0 Å². The van der Waals surface area contributed by atoms with E-state index >= 15 is 0 Å². The SMILES string of the molecule is CC(NC(=O)C1CCCNC1)c1ccccn1.Cl.Cl. The van der Waals surface area contributed by atoms with Gasteiger partial charge in [0, 0.05) is 12.7 Å². The highest BCUT2D eigenvalue weighted by atomic mass is 35.5. The van der Waals surface area contributed by atoms with E-state index in [2.05, 4.69) is 15.6 Å². The Morgan fingerprint density at radius 2 is 2.26 bits per heavy atom. The maximum atomic E-state index is 12.0. The number of pyridine rings is 1. The molecule has 1 amide bonds. The number of hydrogen-bond donors (Lipinski definition) is 2. The molecule has 6 heteroatoms. The Morgan fingerprint density at radius 1 is 1.47 bits per heavy atom. The highest BCUT2D eigenvalue weighted by Gasteiger charge is 2.22. The van der Waals surface area contributed by atoms with Gasteiger partial charge in [0.2, 0.25) is 5.91 Å². The van der Waals surface area contributed by atoms with Crippen molar-refractivity contribution in [2.45, 2.75) is 25.8 Å². The van der Waals surface area contributed by atoms with Crippen molar-refractivity contribution >= 4 is 30.7 Å². The molecule has 2 atom stereocenters. The van der Waals surface area contributed by atoms with Crippen LogP contribution in [0.1, 0.15) is 31.5 Å². The molecule has 1 fully saturated rings. The van der Waals surface area contributed by atoms with E-state index in [0.29, 0.717) is 0 Å². The van der Waals surface area contributed by atoms with Crippen LogP contribution in [0, 0.1) is 5.92 Å². The summed E-state index contributed by atoms with van der Waals surface area (Å²) in [5.74, 6) is 0.241. The number of aromatic nitrogens is 1. The van der Waals surface area contributed by atoms with E-state index in [-0.39, 0.29) is 42.7 Å². The Balaban J connectivity index is 0.00000162. The zero-order valence-electron chi connectivity index (χ0n) is 11.0. The second kappa shape index (κ2) is 9.13. The number of hydrogen-bond acceptors (Lipinski definition) is 3. The number of nitrogens with one attached hydrogen (secondary N) is 2. The lowest BCUT2D eigenvalue weighted by Gasteiger charge is -2.23. The van der Waals surface area contributed by atoms with Crippen LogP contribution in [0.4, 0.5) is 0 Å². The lowest BCUT2D eigenvalue weighted by Crippen LogP contribution is -2.41. The average molecular weight is 306 g/mol. The lowest BCUT2D eigenvalue weighted by molar-refractivity contribution is -0.126. The van der Waals surface area contributed by atoms with Gasteiger partial charge in [-0.3, -0.25) is 9.78 Å². The third kappa shape index (κ3) is 5.35. The third-order valence-electron chi connectivity index (χ3n) is 3.16. The van der Waals surface area contributed by atoms with Crippen LogP contribution in [0.5, 0.6) is 0 Å². The molecule has 1 aromatic heterocycles. The van der Waals surface area contributed by atoms with Crippen LogP contribution < -0.4 is 10.6 Å². The van der Waals surface area contributed by atoms with E-state index < -0.39 is 0 Å². The number of amides is 1. The van der Waals surface area contributed by atoms with Crippen molar-refractivity contribution in [2.75, 3.05) is 13.1 Å². The van der Waals surface area contributed by atoms with Gasteiger partial charge in [-0.2, -0.15) is 0 Å². The van der Waals surface area contributed by atoms with E-state index in [0.717, 1.165) is 31.6 Å². The molecule has 2 rings (SSSR count). The molecular weight excluding hydrogens is 285 g/mol. The largest absolute Gasteiger partial charge is 0.348 e. The van der Waals surface area contributed by atoms with E-state index in [9.17, 15) is 4.79 Å². The normalized spacial score (nSPS) is 19.5. The smallest absolute Gasteiger partial charge is 0.224 e. The maximum absolute atomic E-state index is 12.0. The standard InChI is InChI=1S/C13H19N3O.2ClH/c1-10(12-6-2-3-8-15-12)16-13(17)11-5-4-7-14-9-11;;/h2-3,6,8,10-11,14H,4-5,7,9H2,1H3,(H,16,17);2*1H. The van der Waals surface area contributed by atoms with Gasteiger partial charge >= 0.3 is 0 Å². The summed E-state index contributed by atoms with van der Waals surface area (Å²) in [6, 6.07) is 5.73. The highest BCUT2D eigenvalue weighted by molar-refractivity contribution is 5.85. The fraction of sp³-hybridized carbons (Fsp3) is 0.538. The summed E-state index contributed by atoms with van der Waals surface area (Å²) in [5.41, 5.74) is 0.907. The summed E-state index contributed by atoms with van der Waals surface area (Å²) < 4.78 is 0. The van der Waals surface area contributed by atoms with Crippen LogP contribution in [0.2, 0.25) is 0 Å². The lowest BCUT2D eigenvalue weighted by atomic mass is 9.98. The van der Waals surface area contributed by atoms with Crippen molar-refractivity contribution in [3.8, 4) is 0 Å². The Labute approximate surface area is 126 Å². The van der Waals surface area contributed by atoms with Gasteiger partial charge in [0.15, 0.2) is 0 Å². The number of carbonyl (C=O) groups excluding carboxylic acids is 1. The third-order valence-corrected chi connectivity index (χ3v) is 3.16. The minimum atomic E-state index is -0.0226. The second-order valence-electron chi connectivity index (χ2n) is 4.53. The van der Waals surface area contributed by atoms with Crippen LogP contribution in [-0.2, 0) is 4.79 Å². The molecule has 0 aromatic carbocycles. The summed E-state index contributed by atoms with van der Waals surface area (Å²) in [6.45, 7) is 3.79. The van der Waals surface area contributed by atoms with Crippen LogP contribution in [0.3, 0.4) is 0 Å². The maximum Gasteiger partial charge on any atom is 0.224 e. The van der Waals surface area contributed by atoms with Gasteiger partial charge < -0.3 is 10.6 Å². The number of halogens is 2. The first-order chi connectivity index (χ1) is 8.27. The summed E-state index contributed by atoms with van der Waals surface area (Å²) in [4.78, 5) is 16.2. The predicted octanol–water partition coefficient (Wildman–Crippen LogP) is 2.10. The van der Waals surface area contributed by atoms with E-state index in [4.69, 9.17) is 0 Å². The molecule has 2 unspecified atom stereocenters. The Hall–Kier alpha value is -0.840. The number of rotatable bonds is 3. The molecule has 4 nitrogen and oxygen atoms in total. The molecule has 1 saturated heterocycles. The number of carbonyl (C=O) groups is 1. The molecule has 19 heavy (non-hydrogen) atoms. The molecule has 0 spiro atoms. The van der Waals surface area contributed by atoms with Crippen molar-refractivity contribution in [3.05, 3.63) is 30.1 Å². The van der Waals surface area contributed by atoms with Crippen molar-refractivity contribution in [2.24, 2.45) is 5.92 Å². The van der Waals surface area contributed by atoms with Crippen LogP contribution >= 0.6 is 24.8 Å². The van der Waals surface area contributed by atoms with Gasteiger partial charge in [-0.25, -0.2) is 0 Å². The van der Waals surface area contributed by atoms with Crippen LogP contribution in [-0.4, -0.2) is 24.0 Å². The minimum Gasteiger partial charge on any atom is -0.348 e. The molecule has 108 valence electrons. The summed E-state index contributed by atoms with van der Waals surface area (Å²) in [5, 5.41) is 6.28. The van der Waals surface area contributed by atoms with Crippen LogP contribution in [0.25, 0.3) is 0 Å². The van der Waals surface area contributed by atoms with Gasteiger partial charge in [-0.15, -0.1) is 24.8 Å². The molecule has 1 aliphatic rings. The predicted molar refractivity (Wildman–Crippen MR) is 80.9 cm³/mol. The fourth-order valence-corrected chi connectivity index (χ4v) is 2.11. The fourth-order valence-electron chi connectivity index (χ4n) is 2.11. The summed E-state index contributed by atoms with van der Waals surface area (Å²) in [6.07, 6.45) is 3.81. The summed E-state index contributed by atoms with van der Waals surface area (Å²) in [7, 11) is 0. The minimum absolute atomic E-state index is 0. The van der Waals surface area contributed by atoms with Gasteiger partial charge in [-0.05, 0) is 38.4 Å². The second-order valence-corrected chi connectivity index (χ2v) is 4.53. The first-order valence-corrected chi connectivity index (χ1v) is 6.19. The Bertz CT molecular complexity index is 369. The van der Waals surface area contributed by atoms with Crippen molar-refractivity contribution in [1.82, 2.24) is 15.6 Å². The Morgan fingerprint density at radius 3 is 2.84 bits per heavy atom. The molecule has 0 saturated carbocycles. The van der Waals surface area contributed by atoms with Gasteiger partial charge in [0.25, 0.3) is 0 Å². The van der Waals surface area contributed by atoms with E-state index in [1.807, 2.05) is 25.1 Å². The van der Waals surface area contributed by atoms with E-state index in [1.54, 1.807) is 6.20 Å². The average Bonchev–Trinajstić information content (AvgIpc) is 2.40. The first-order valence-electron chi connectivity index (χ1n) is 6.19. The molecule has 0 aliphatic carbocycles. The molecular formula is C13H21Cl2N3O. The number of nitrogens with zero attached hydrogens (tertiary/aromatic N) is 1. The number of piperidine rings is 1. The van der Waals surface area contributed by atoms with Crippen molar-refractivity contribution < 1.29 is 4.79 Å². The van der Waals surface area contributed by atoms with Crippen molar-refractivity contribution in [3.63, 3.8) is 0 Å². The van der Waals surface area contributed by atoms with Gasteiger partial charge in [-0.1, -0.05) is 6.07 Å². The molecule has 0 bridgehead atoms. The Kier molecular flexibility index (Phi) is 8.72. The van der Waals surface area contributed by atoms with E-state index in [1.165, 1.54) is 0 Å². The molecule has 1 aliphatic heterocycles. The molecule has 2 N–H and O–H groups in total. The monoisotopic (exact) mass is 305 g/mol. The molecule has 2 heterocycles. The molecule has 1 aromatic rings. The zero-order valence-corrected chi connectivity index (χ0v) is 12.6.